The fraction of sp³-hybridized carbons (Fsp3) is 0.333. The third-order valence-electron chi connectivity index (χ3n) is 3.86. The quantitative estimate of drug-likeness (QED) is 0.425. The molecule has 3 rings (SSSR count). The molecule has 2 aromatic heterocycles. The van der Waals surface area contributed by atoms with Gasteiger partial charge in [0, 0.05) is 19.2 Å². The number of nitrogens with zero attached hydrogens (tertiary/aromatic N) is 4. The van der Waals surface area contributed by atoms with E-state index in [1.165, 1.54) is 11.8 Å². The predicted molar refractivity (Wildman–Crippen MR) is 105 cm³/mol. The molecule has 1 N–H and O–H groups in total. The zero-order chi connectivity index (χ0) is 19.9. The monoisotopic (exact) mass is 403 g/mol. The number of fused-ring (bicyclic) bond motifs is 1. The first-order chi connectivity index (χ1) is 13.7. The minimum absolute atomic E-state index is 0.0761. The highest BCUT2D eigenvalue weighted by atomic mass is 32.2. The molecule has 148 valence electrons. The number of carbonyl (C=O) groups excluding carboxylic acids is 1. The topological polar surface area (TPSA) is 99.9 Å². The second kappa shape index (κ2) is 9.38. The molecule has 10 heteroatoms. The van der Waals surface area contributed by atoms with Gasteiger partial charge in [-0.05, 0) is 30.3 Å². The highest BCUT2D eigenvalue weighted by Gasteiger charge is 2.14. The first-order valence-electron chi connectivity index (χ1n) is 8.49. The fourth-order valence-corrected chi connectivity index (χ4v) is 3.17. The van der Waals surface area contributed by atoms with Crippen LogP contribution in [0.3, 0.4) is 0 Å². The summed E-state index contributed by atoms with van der Waals surface area (Å²) in [6, 6.07) is 9.12. The minimum atomic E-state index is -0.0761. The lowest BCUT2D eigenvalue weighted by molar-refractivity contribution is -0.118. The molecule has 1 aromatic carbocycles. The molecular formula is C18H21N5O4S. The zero-order valence-corrected chi connectivity index (χ0v) is 16.7. The number of thioether (sulfide) groups is 1. The summed E-state index contributed by atoms with van der Waals surface area (Å²) in [5, 5.41) is 16.4. The molecule has 0 saturated carbocycles. The number of hydrogen-bond acceptors (Lipinski definition) is 8. The van der Waals surface area contributed by atoms with Gasteiger partial charge in [0.2, 0.25) is 5.91 Å². The predicted octanol–water partition coefficient (Wildman–Crippen LogP) is 1.66. The highest BCUT2D eigenvalue weighted by molar-refractivity contribution is 7.99. The number of ether oxygens (including phenoxy) is 3. The third kappa shape index (κ3) is 4.52. The van der Waals surface area contributed by atoms with E-state index < -0.39 is 0 Å². The molecule has 0 aliphatic rings. The van der Waals surface area contributed by atoms with Crippen LogP contribution in [-0.4, -0.2) is 66.0 Å². The molecule has 28 heavy (non-hydrogen) atoms. The summed E-state index contributed by atoms with van der Waals surface area (Å²) in [6.07, 6.45) is 0. The second-order valence-electron chi connectivity index (χ2n) is 5.67. The Hall–Kier alpha value is -2.85. The van der Waals surface area contributed by atoms with Crippen LogP contribution < -0.4 is 14.8 Å². The molecule has 2 heterocycles. The summed E-state index contributed by atoms with van der Waals surface area (Å²) in [7, 11) is 4.75. The van der Waals surface area contributed by atoms with Gasteiger partial charge in [0.15, 0.2) is 23.0 Å². The lowest BCUT2D eigenvalue weighted by Crippen LogP contribution is -2.28. The van der Waals surface area contributed by atoms with E-state index in [9.17, 15) is 4.79 Å². The summed E-state index contributed by atoms with van der Waals surface area (Å²) in [4.78, 5) is 11.9. The molecule has 0 bridgehead atoms. The Morgan fingerprint density at radius 3 is 2.68 bits per heavy atom. The lowest BCUT2D eigenvalue weighted by atomic mass is 10.2. The van der Waals surface area contributed by atoms with Crippen LogP contribution in [0.1, 0.15) is 0 Å². The number of carbonyl (C=O) groups is 1. The molecule has 0 radical (unpaired) electrons. The van der Waals surface area contributed by atoms with Crippen molar-refractivity contribution in [2.24, 2.45) is 0 Å². The Morgan fingerprint density at radius 1 is 1.11 bits per heavy atom. The van der Waals surface area contributed by atoms with Crippen LogP contribution in [0.15, 0.2) is 35.4 Å². The average Bonchev–Trinajstić information content (AvgIpc) is 3.15. The number of rotatable bonds is 9. The molecule has 9 nitrogen and oxygen atoms in total. The average molecular weight is 403 g/mol. The molecule has 0 aliphatic heterocycles. The van der Waals surface area contributed by atoms with E-state index >= 15 is 0 Å². The standard InChI is InChI=1S/C18H21N5O4S/c1-25-9-8-19-16(24)11-28-17-7-6-15-20-21-18(23(15)22-17)12-4-5-13(26-2)14(10-12)27-3/h4-7,10H,8-9,11H2,1-3H3,(H,19,24). The van der Waals surface area contributed by atoms with Gasteiger partial charge < -0.3 is 19.5 Å². The SMILES string of the molecule is COCCNC(=O)CSc1ccc2nnc(-c3ccc(OC)c(OC)c3)n2n1. The Morgan fingerprint density at radius 2 is 1.93 bits per heavy atom. The second-order valence-corrected chi connectivity index (χ2v) is 6.66. The Labute approximate surface area is 166 Å². The first-order valence-corrected chi connectivity index (χ1v) is 9.48. The van der Waals surface area contributed by atoms with E-state index in [0.717, 1.165) is 5.56 Å². The Bertz CT molecular complexity index is 962. The minimum Gasteiger partial charge on any atom is -0.493 e. The van der Waals surface area contributed by atoms with Crippen molar-refractivity contribution in [2.75, 3.05) is 40.2 Å². The highest BCUT2D eigenvalue weighted by Crippen LogP contribution is 2.31. The molecule has 3 aromatic rings. The molecule has 0 saturated heterocycles. The maximum Gasteiger partial charge on any atom is 0.230 e. The van der Waals surface area contributed by atoms with Crippen LogP contribution in [0.4, 0.5) is 0 Å². The van der Waals surface area contributed by atoms with Gasteiger partial charge in [0.25, 0.3) is 0 Å². The lowest BCUT2D eigenvalue weighted by Gasteiger charge is -2.09. The van der Waals surface area contributed by atoms with Crippen molar-refractivity contribution >= 4 is 23.3 Å². The number of methoxy groups -OCH3 is 3. The van der Waals surface area contributed by atoms with Gasteiger partial charge in [-0.1, -0.05) is 11.8 Å². The van der Waals surface area contributed by atoms with Gasteiger partial charge in [0.1, 0.15) is 5.03 Å². The van der Waals surface area contributed by atoms with Crippen LogP contribution in [0, 0.1) is 0 Å². The summed E-state index contributed by atoms with van der Waals surface area (Å²) in [5.41, 5.74) is 1.40. The summed E-state index contributed by atoms with van der Waals surface area (Å²) in [5.74, 6) is 1.98. The van der Waals surface area contributed by atoms with Gasteiger partial charge in [-0.3, -0.25) is 4.79 Å². The Kier molecular flexibility index (Phi) is 6.66. The van der Waals surface area contributed by atoms with Gasteiger partial charge in [-0.2, -0.15) is 9.61 Å². The van der Waals surface area contributed by atoms with Gasteiger partial charge in [-0.25, -0.2) is 0 Å². The van der Waals surface area contributed by atoms with Crippen molar-refractivity contribution < 1.29 is 19.0 Å². The molecule has 1 amide bonds. The van der Waals surface area contributed by atoms with Crippen LogP contribution in [0.25, 0.3) is 17.0 Å². The van der Waals surface area contributed by atoms with E-state index in [2.05, 4.69) is 20.6 Å². The van der Waals surface area contributed by atoms with Gasteiger partial charge in [-0.15, -0.1) is 10.2 Å². The first kappa shape index (κ1) is 19.9. The number of benzene rings is 1. The molecular weight excluding hydrogens is 382 g/mol. The number of hydrogen-bond donors (Lipinski definition) is 1. The van der Waals surface area contributed by atoms with Crippen molar-refractivity contribution in [3.8, 4) is 22.9 Å². The van der Waals surface area contributed by atoms with Crippen molar-refractivity contribution in [2.45, 2.75) is 5.03 Å². The summed E-state index contributed by atoms with van der Waals surface area (Å²) in [6.45, 7) is 0.966. The van der Waals surface area contributed by atoms with Crippen LogP contribution in [0.5, 0.6) is 11.5 Å². The molecule has 0 aliphatic carbocycles. The summed E-state index contributed by atoms with van der Waals surface area (Å²) < 4.78 is 17.2. The van der Waals surface area contributed by atoms with E-state index in [1.807, 2.05) is 24.3 Å². The summed E-state index contributed by atoms with van der Waals surface area (Å²) >= 11 is 1.34. The largest absolute Gasteiger partial charge is 0.493 e. The Balaban J connectivity index is 1.80. The molecule has 0 spiro atoms. The fourth-order valence-electron chi connectivity index (χ4n) is 2.49. The smallest absolute Gasteiger partial charge is 0.230 e. The normalized spacial score (nSPS) is 10.8. The van der Waals surface area contributed by atoms with Crippen molar-refractivity contribution in [1.29, 1.82) is 0 Å². The van der Waals surface area contributed by atoms with Crippen LogP contribution in [-0.2, 0) is 9.53 Å². The number of amides is 1. The number of nitrogens with one attached hydrogen (secondary N) is 1. The van der Waals surface area contributed by atoms with Crippen molar-refractivity contribution in [3.05, 3.63) is 30.3 Å². The van der Waals surface area contributed by atoms with E-state index in [4.69, 9.17) is 14.2 Å². The van der Waals surface area contributed by atoms with Crippen molar-refractivity contribution in [1.82, 2.24) is 25.1 Å². The van der Waals surface area contributed by atoms with E-state index in [1.54, 1.807) is 31.9 Å². The van der Waals surface area contributed by atoms with Gasteiger partial charge in [0.05, 0.1) is 26.6 Å². The third-order valence-corrected chi connectivity index (χ3v) is 4.78. The maximum atomic E-state index is 11.9. The molecule has 0 fully saturated rings. The van der Waals surface area contributed by atoms with E-state index in [0.29, 0.717) is 41.1 Å². The molecule has 0 unspecified atom stereocenters. The van der Waals surface area contributed by atoms with E-state index in [-0.39, 0.29) is 11.7 Å². The zero-order valence-electron chi connectivity index (χ0n) is 15.8. The molecule has 0 atom stereocenters. The van der Waals surface area contributed by atoms with Crippen LogP contribution >= 0.6 is 11.8 Å². The maximum absolute atomic E-state index is 11.9. The van der Waals surface area contributed by atoms with Gasteiger partial charge >= 0.3 is 0 Å². The van der Waals surface area contributed by atoms with Crippen LogP contribution in [0.2, 0.25) is 0 Å². The number of aromatic nitrogens is 4. The van der Waals surface area contributed by atoms with Crippen molar-refractivity contribution in [3.63, 3.8) is 0 Å².